The van der Waals surface area contributed by atoms with E-state index in [1.807, 2.05) is 0 Å². The number of fused-ring (bicyclic) bond motifs is 2. The second kappa shape index (κ2) is 5.61. The molecule has 0 aromatic heterocycles. The van der Waals surface area contributed by atoms with Crippen molar-refractivity contribution >= 4 is 15.6 Å². The fourth-order valence-corrected chi connectivity index (χ4v) is 6.23. The SMILES string of the molecule is O=C(Cc1ccccc1C(F)(F)F)C1CC2CCC(C1)S2(=O)=O. The summed E-state index contributed by atoms with van der Waals surface area (Å²) in [7, 11) is -3.13. The van der Waals surface area contributed by atoms with Crippen LogP contribution in [0.4, 0.5) is 13.2 Å². The lowest BCUT2D eigenvalue weighted by Crippen LogP contribution is -2.36. The average Bonchev–Trinajstić information content (AvgIpc) is 2.66. The van der Waals surface area contributed by atoms with Crippen molar-refractivity contribution in [1.82, 2.24) is 0 Å². The van der Waals surface area contributed by atoms with Crippen LogP contribution >= 0.6 is 0 Å². The second-order valence-electron chi connectivity index (χ2n) is 6.38. The fourth-order valence-electron chi connectivity index (χ4n) is 3.75. The maximum Gasteiger partial charge on any atom is 0.416 e. The third-order valence-corrected chi connectivity index (χ3v) is 7.69. The Kier molecular flexibility index (Phi) is 4.02. The molecule has 0 N–H and O–H groups in total. The molecule has 2 heterocycles. The van der Waals surface area contributed by atoms with Gasteiger partial charge in [-0.1, -0.05) is 18.2 Å². The lowest BCUT2D eigenvalue weighted by Gasteiger charge is -2.27. The van der Waals surface area contributed by atoms with Gasteiger partial charge in [0.05, 0.1) is 16.1 Å². The lowest BCUT2D eigenvalue weighted by molar-refractivity contribution is -0.138. The maximum atomic E-state index is 13.0. The zero-order chi connectivity index (χ0) is 16.8. The summed E-state index contributed by atoms with van der Waals surface area (Å²) in [4.78, 5) is 12.4. The molecule has 2 saturated heterocycles. The van der Waals surface area contributed by atoms with E-state index in [0.717, 1.165) is 6.07 Å². The topological polar surface area (TPSA) is 51.2 Å². The molecule has 0 spiro atoms. The molecule has 2 unspecified atom stereocenters. The van der Waals surface area contributed by atoms with Crippen LogP contribution in [0.1, 0.15) is 36.8 Å². The number of Topliss-reactive ketones (excluding diaryl/α,β-unsaturated/α-hetero) is 1. The maximum absolute atomic E-state index is 13.0. The number of carbonyl (C=O) groups is 1. The summed E-state index contributed by atoms with van der Waals surface area (Å²) in [5.74, 6) is -0.731. The number of sulfone groups is 1. The summed E-state index contributed by atoms with van der Waals surface area (Å²) in [6.45, 7) is 0. The molecule has 3 nitrogen and oxygen atoms in total. The first-order chi connectivity index (χ1) is 10.7. The Balaban J connectivity index is 1.77. The Morgan fingerprint density at radius 2 is 1.65 bits per heavy atom. The van der Waals surface area contributed by atoms with Crippen molar-refractivity contribution in [1.29, 1.82) is 0 Å². The standard InChI is InChI=1S/C16H17F3O3S/c17-16(18,19)14-4-2-1-3-10(14)9-15(20)11-7-12-5-6-13(8-11)23(12,21)22/h1-4,11-13H,5-9H2. The fraction of sp³-hybridized carbons (Fsp3) is 0.562. The van der Waals surface area contributed by atoms with Crippen molar-refractivity contribution in [2.24, 2.45) is 5.92 Å². The minimum absolute atomic E-state index is 0.0363. The molecule has 23 heavy (non-hydrogen) atoms. The van der Waals surface area contributed by atoms with Crippen molar-refractivity contribution in [3.05, 3.63) is 35.4 Å². The van der Waals surface area contributed by atoms with Crippen LogP contribution in [0.5, 0.6) is 0 Å². The summed E-state index contributed by atoms with van der Waals surface area (Å²) in [6.07, 6.45) is -3.14. The van der Waals surface area contributed by atoms with E-state index in [2.05, 4.69) is 0 Å². The number of alkyl halides is 3. The number of halogens is 3. The van der Waals surface area contributed by atoms with E-state index in [-0.39, 0.29) is 30.6 Å². The first kappa shape index (κ1) is 16.5. The molecule has 1 aromatic rings. The van der Waals surface area contributed by atoms with E-state index in [9.17, 15) is 26.4 Å². The zero-order valence-corrected chi connectivity index (χ0v) is 13.2. The molecular weight excluding hydrogens is 329 g/mol. The first-order valence-corrected chi connectivity index (χ1v) is 9.21. The average molecular weight is 346 g/mol. The minimum atomic E-state index is -4.49. The number of hydrogen-bond acceptors (Lipinski definition) is 3. The normalized spacial score (nSPS) is 29.4. The van der Waals surface area contributed by atoms with E-state index in [0.29, 0.717) is 12.8 Å². The Labute approximate surface area is 132 Å². The Morgan fingerprint density at radius 3 is 2.22 bits per heavy atom. The van der Waals surface area contributed by atoms with Crippen LogP contribution < -0.4 is 0 Å². The van der Waals surface area contributed by atoms with Gasteiger partial charge in [-0.3, -0.25) is 4.79 Å². The molecule has 0 radical (unpaired) electrons. The summed E-state index contributed by atoms with van der Waals surface area (Å²) in [5.41, 5.74) is -0.828. The summed E-state index contributed by atoms with van der Waals surface area (Å²) < 4.78 is 63.0. The van der Waals surface area contributed by atoms with Gasteiger partial charge in [-0.05, 0) is 37.3 Å². The predicted molar refractivity (Wildman–Crippen MR) is 78.6 cm³/mol. The van der Waals surface area contributed by atoms with Gasteiger partial charge in [0.2, 0.25) is 0 Å². The largest absolute Gasteiger partial charge is 0.416 e. The van der Waals surface area contributed by atoms with Gasteiger partial charge in [0, 0.05) is 12.3 Å². The van der Waals surface area contributed by atoms with E-state index in [1.165, 1.54) is 18.2 Å². The van der Waals surface area contributed by atoms with Crippen LogP contribution in [0.2, 0.25) is 0 Å². The smallest absolute Gasteiger partial charge is 0.299 e. The Morgan fingerprint density at radius 1 is 1.09 bits per heavy atom. The van der Waals surface area contributed by atoms with Crippen molar-refractivity contribution < 1.29 is 26.4 Å². The van der Waals surface area contributed by atoms with Crippen molar-refractivity contribution in [3.8, 4) is 0 Å². The van der Waals surface area contributed by atoms with Gasteiger partial charge in [-0.15, -0.1) is 0 Å². The highest BCUT2D eigenvalue weighted by Crippen LogP contribution is 2.42. The number of carbonyl (C=O) groups excluding carboxylic acids is 1. The Bertz CT molecular complexity index is 704. The van der Waals surface area contributed by atoms with Crippen molar-refractivity contribution in [2.75, 3.05) is 0 Å². The number of rotatable bonds is 3. The molecule has 7 heteroatoms. The molecule has 3 rings (SSSR count). The molecule has 2 fully saturated rings. The summed E-state index contributed by atoms with van der Waals surface area (Å²) in [6, 6.07) is 5.06. The van der Waals surface area contributed by atoms with Crippen LogP contribution in [0.3, 0.4) is 0 Å². The van der Waals surface area contributed by atoms with E-state index in [1.54, 1.807) is 0 Å². The molecule has 126 valence electrons. The zero-order valence-electron chi connectivity index (χ0n) is 12.3. The van der Waals surface area contributed by atoms with Gasteiger partial charge in [-0.2, -0.15) is 13.2 Å². The summed E-state index contributed by atoms with van der Waals surface area (Å²) >= 11 is 0. The molecule has 2 aliphatic heterocycles. The Hall–Kier alpha value is -1.37. The molecular formula is C16H17F3O3S. The first-order valence-electron chi connectivity index (χ1n) is 7.60. The van der Waals surface area contributed by atoms with Gasteiger partial charge < -0.3 is 0 Å². The van der Waals surface area contributed by atoms with Crippen LogP contribution in [0.25, 0.3) is 0 Å². The van der Waals surface area contributed by atoms with Crippen LogP contribution in [-0.4, -0.2) is 24.7 Å². The van der Waals surface area contributed by atoms with Crippen molar-refractivity contribution in [2.45, 2.75) is 48.8 Å². The molecule has 2 bridgehead atoms. The van der Waals surface area contributed by atoms with Crippen LogP contribution in [-0.2, 0) is 27.2 Å². The number of ketones is 1. The molecule has 0 saturated carbocycles. The van der Waals surface area contributed by atoms with Gasteiger partial charge in [0.15, 0.2) is 9.84 Å². The van der Waals surface area contributed by atoms with Crippen LogP contribution in [0.15, 0.2) is 24.3 Å². The third kappa shape index (κ3) is 3.03. The van der Waals surface area contributed by atoms with Gasteiger partial charge >= 0.3 is 6.18 Å². The van der Waals surface area contributed by atoms with Gasteiger partial charge in [0.25, 0.3) is 0 Å². The quantitative estimate of drug-likeness (QED) is 0.845. The highest BCUT2D eigenvalue weighted by atomic mass is 32.2. The van der Waals surface area contributed by atoms with Crippen molar-refractivity contribution in [3.63, 3.8) is 0 Å². The van der Waals surface area contributed by atoms with Gasteiger partial charge in [0.1, 0.15) is 5.78 Å². The lowest BCUT2D eigenvalue weighted by atomic mass is 9.89. The second-order valence-corrected chi connectivity index (χ2v) is 8.89. The predicted octanol–water partition coefficient (Wildman–Crippen LogP) is 3.17. The molecule has 1 aromatic carbocycles. The van der Waals surface area contributed by atoms with E-state index >= 15 is 0 Å². The highest BCUT2D eigenvalue weighted by molar-refractivity contribution is 7.93. The number of hydrogen-bond donors (Lipinski definition) is 0. The molecule has 2 aliphatic rings. The number of benzene rings is 1. The molecule has 0 amide bonds. The van der Waals surface area contributed by atoms with E-state index < -0.39 is 38.0 Å². The van der Waals surface area contributed by atoms with E-state index in [4.69, 9.17) is 0 Å². The van der Waals surface area contributed by atoms with Crippen LogP contribution in [0, 0.1) is 5.92 Å². The third-order valence-electron chi connectivity index (χ3n) is 4.98. The monoisotopic (exact) mass is 346 g/mol. The minimum Gasteiger partial charge on any atom is -0.299 e. The van der Waals surface area contributed by atoms with Gasteiger partial charge in [-0.25, -0.2) is 8.42 Å². The molecule has 2 atom stereocenters. The molecule has 0 aliphatic carbocycles. The highest BCUT2D eigenvalue weighted by Gasteiger charge is 2.48. The summed E-state index contributed by atoms with van der Waals surface area (Å²) in [5, 5.41) is -0.985.